The van der Waals surface area contributed by atoms with Crippen molar-refractivity contribution >= 4 is 54.5 Å². The van der Waals surface area contributed by atoms with Crippen LogP contribution in [0.25, 0.3) is 0 Å². The van der Waals surface area contributed by atoms with Crippen LogP contribution in [0.4, 0.5) is 0 Å². The van der Waals surface area contributed by atoms with Gasteiger partial charge in [0.2, 0.25) is 0 Å². The van der Waals surface area contributed by atoms with Gasteiger partial charge in [-0.25, -0.2) is 0 Å². The molecule has 0 aliphatic rings. The first kappa shape index (κ1) is 27.6. The molecule has 0 unspecified atom stereocenters. The molecule has 0 amide bonds. The van der Waals surface area contributed by atoms with E-state index in [1.807, 2.05) is 48.5 Å². The topological polar surface area (TPSA) is 25.8 Å². The van der Waals surface area contributed by atoms with Crippen LogP contribution in [0.2, 0.25) is 0 Å². The minimum Gasteiger partial charge on any atom is -0.265 e. The number of benzene rings is 2. The summed E-state index contributed by atoms with van der Waals surface area (Å²) in [6, 6.07) is 23.5. The largest absolute Gasteiger partial charge is 0.265 e. The highest BCUT2D eigenvalue weighted by Crippen LogP contribution is 2.12. The Kier molecular flexibility index (Phi) is 14.0. The van der Waals surface area contributed by atoms with Crippen LogP contribution >= 0.6 is 54.5 Å². The summed E-state index contributed by atoms with van der Waals surface area (Å²) >= 11 is 9.04. The van der Waals surface area contributed by atoms with Crippen LogP contribution in [-0.4, -0.2) is 9.97 Å². The maximum Gasteiger partial charge on any atom is 0.0280 e. The van der Waals surface area contributed by atoms with Crippen molar-refractivity contribution in [2.24, 2.45) is 0 Å². The Labute approximate surface area is 221 Å². The molecule has 32 heavy (non-hydrogen) atoms. The van der Waals surface area contributed by atoms with Gasteiger partial charge in [-0.2, -0.15) is 0 Å². The molecule has 0 fully saturated rings. The van der Waals surface area contributed by atoms with Gasteiger partial charge >= 0.3 is 0 Å². The van der Waals surface area contributed by atoms with Gasteiger partial charge in [0, 0.05) is 54.0 Å². The molecule has 0 saturated heterocycles. The Hall–Kier alpha value is -2.45. The molecule has 0 bridgehead atoms. The number of hydrogen-bond acceptors (Lipinski definition) is 2. The first-order chi connectivity index (χ1) is 15.1. The lowest BCUT2D eigenvalue weighted by Crippen LogP contribution is -1.76. The third-order valence-corrected chi connectivity index (χ3v) is 5.15. The van der Waals surface area contributed by atoms with Gasteiger partial charge in [0.15, 0.2) is 0 Å². The molecule has 0 atom stereocenters. The second kappa shape index (κ2) is 16.2. The zero-order valence-electron chi connectivity index (χ0n) is 16.3. The molecule has 0 spiro atoms. The third kappa shape index (κ3) is 11.8. The first-order valence-corrected chi connectivity index (χ1v) is 11.7. The van der Waals surface area contributed by atoms with E-state index in [1.54, 1.807) is 36.9 Å². The van der Waals surface area contributed by atoms with Crippen LogP contribution in [0.15, 0.2) is 107 Å². The second-order valence-corrected chi connectivity index (χ2v) is 8.89. The second-order valence-electron chi connectivity index (χ2n) is 5.82. The Bertz CT molecular complexity index is 1160. The summed E-state index contributed by atoms with van der Waals surface area (Å²) in [4.78, 5) is 7.74. The quantitative estimate of drug-likeness (QED) is 0.141. The fourth-order valence-corrected chi connectivity index (χ4v) is 3.82. The SMILES string of the molecule is Brc1cccc(C#Cc2ccncc2)c1.Brc1cccc(I)c1.C.C#Cc1ccncc1. The van der Waals surface area contributed by atoms with E-state index in [2.05, 4.69) is 94.3 Å². The van der Waals surface area contributed by atoms with Gasteiger partial charge in [-0.05, 0) is 83.3 Å². The molecule has 5 heteroatoms. The minimum absolute atomic E-state index is 0. The van der Waals surface area contributed by atoms with Crippen molar-refractivity contribution < 1.29 is 0 Å². The standard InChI is InChI=1S/C13H8BrN.C7H5N.C6H4BrI.CH4/c14-13-3-1-2-12(10-13)5-4-11-6-8-15-9-7-11;1-2-7-3-5-8-6-4-7;7-5-2-1-3-6(8)4-5;/h1-3,6-10H;1,3-6H;1-4H;1H4. The summed E-state index contributed by atoms with van der Waals surface area (Å²) in [6.07, 6.45) is 11.9. The van der Waals surface area contributed by atoms with Gasteiger partial charge in [0.05, 0.1) is 0 Å². The summed E-state index contributed by atoms with van der Waals surface area (Å²) in [5, 5.41) is 0. The average molecular weight is 660 g/mol. The molecule has 0 aliphatic carbocycles. The fraction of sp³-hybridized carbons (Fsp3) is 0.0370. The Balaban J connectivity index is 0.000000257. The van der Waals surface area contributed by atoms with Crippen LogP contribution < -0.4 is 0 Å². The van der Waals surface area contributed by atoms with Crippen LogP contribution in [0.5, 0.6) is 0 Å². The van der Waals surface area contributed by atoms with Crippen molar-refractivity contribution in [3.63, 3.8) is 0 Å². The zero-order chi connectivity index (χ0) is 22.3. The van der Waals surface area contributed by atoms with E-state index in [4.69, 9.17) is 6.42 Å². The molecule has 4 rings (SSSR count). The van der Waals surface area contributed by atoms with E-state index in [0.29, 0.717) is 0 Å². The molecule has 2 nitrogen and oxygen atoms in total. The summed E-state index contributed by atoms with van der Waals surface area (Å²) in [6.45, 7) is 0. The molecular formula is C27H21Br2IN2. The molecule has 0 radical (unpaired) electrons. The maximum atomic E-state index is 5.07. The van der Waals surface area contributed by atoms with Crippen molar-refractivity contribution in [2.45, 2.75) is 7.43 Å². The lowest BCUT2D eigenvalue weighted by molar-refractivity contribution is 1.32. The lowest BCUT2D eigenvalue weighted by atomic mass is 10.2. The van der Waals surface area contributed by atoms with Gasteiger partial charge in [-0.1, -0.05) is 69.2 Å². The highest BCUT2D eigenvalue weighted by molar-refractivity contribution is 14.1. The van der Waals surface area contributed by atoms with Crippen molar-refractivity contribution in [3.05, 3.63) is 127 Å². The van der Waals surface area contributed by atoms with Crippen LogP contribution in [-0.2, 0) is 0 Å². The van der Waals surface area contributed by atoms with E-state index < -0.39 is 0 Å². The van der Waals surface area contributed by atoms with Gasteiger partial charge in [0.1, 0.15) is 0 Å². The Morgan fingerprint density at radius 2 is 1.16 bits per heavy atom. The highest BCUT2D eigenvalue weighted by Gasteiger charge is 1.88. The third-order valence-electron chi connectivity index (χ3n) is 3.49. The predicted octanol–water partition coefficient (Wildman–Crippen LogP) is 8.00. The summed E-state index contributed by atoms with van der Waals surface area (Å²) in [5.74, 6) is 8.66. The van der Waals surface area contributed by atoms with Crippen LogP contribution in [0.3, 0.4) is 0 Å². The number of halogens is 3. The van der Waals surface area contributed by atoms with Crippen LogP contribution in [0, 0.1) is 27.8 Å². The van der Waals surface area contributed by atoms with Gasteiger partial charge < -0.3 is 0 Å². The first-order valence-electron chi connectivity index (χ1n) is 9.02. The number of terminal acetylenes is 1. The molecule has 0 saturated carbocycles. The number of nitrogens with zero attached hydrogens (tertiary/aromatic N) is 2. The average Bonchev–Trinajstić information content (AvgIpc) is 2.80. The van der Waals surface area contributed by atoms with E-state index in [1.165, 1.54) is 3.57 Å². The number of rotatable bonds is 0. The number of aromatic nitrogens is 2. The fourth-order valence-electron chi connectivity index (χ4n) is 2.05. The maximum absolute atomic E-state index is 5.07. The van der Waals surface area contributed by atoms with Gasteiger partial charge in [-0.3, -0.25) is 9.97 Å². The highest BCUT2D eigenvalue weighted by atomic mass is 127. The van der Waals surface area contributed by atoms with Gasteiger partial charge in [-0.15, -0.1) is 6.42 Å². The number of pyridine rings is 2. The van der Waals surface area contributed by atoms with Crippen molar-refractivity contribution in [1.82, 2.24) is 9.97 Å². The zero-order valence-corrected chi connectivity index (χ0v) is 21.7. The molecular weight excluding hydrogens is 639 g/mol. The summed E-state index contributed by atoms with van der Waals surface area (Å²) in [5.41, 5.74) is 2.85. The molecule has 160 valence electrons. The van der Waals surface area contributed by atoms with Crippen LogP contribution in [0.1, 0.15) is 24.1 Å². The molecule has 2 heterocycles. The van der Waals surface area contributed by atoms with E-state index >= 15 is 0 Å². The molecule has 0 N–H and O–H groups in total. The van der Waals surface area contributed by atoms with E-state index in [0.717, 1.165) is 25.6 Å². The van der Waals surface area contributed by atoms with E-state index in [-0.39, 0.29) is 7.43 Å². The number of hydrogen-bond donors (Lipinski definition) is 0. The molecule has 0 aliphatic heterocycles. The minimum atomic E-state index is 0. The molecule has 2 aromatic heterocycles. The Morgan fingerprint density at radius 1 is 0.656 bits per heavy atom. The van der Waals surface area contributed by atoms with Crippen molar-refractivity contribution in [2.75, 3.05) is 0 Å². The van der Waals surface area contributed by atoms with E-state index in [9.17, 15) is 0 Å². The summed E-state index contributed by atoms with van der Waals surface area (Å²) in [7, 11) is 0. The van der Waals surface area contributed by atoms with Gasteiger partial charge in [0.25, 0.3) is 0 Å². The lowest BCUT2D eigenvalue weighted by Gasteiger charge is -1.91. The molecule has 4 aromatic rings. The predicted molar refractivity (Wildman–Crippen MR) is 150 cm³/mol. The normalized spacial score (nSPS) is 8.56. The smallest absolute Gasteiger partial charge is 0.0280 e. The molecule has 2 aromatic carbocycles. The summed E-state index contributed by atoms with van der Waals surface area (Å²) < 4.78 is 3.45. The Morgan fingerprint density at radius 3 is 1.59 bits per heavy atom. The van der Waals surface area contributed by atoms with Crippen molar-refractivity contribution in [1.29, 1.82) is 0 Å². The van der Waals surface area contributed by atoms with Crippen molar-refractivity contribution in [3.8, 4) is 24.2 Å². The monoisotopic (exact) mass is 658 g/mol.